The molecule has 4 heterocycles. The predicted octanol–water partition coefficient (Wildman–Crippen LogP) is 14.3. The van der Waals surface area contributed by atoms with Crippen molar-refractivity contribution in [2.24, 2.45) is 17.8 Å². The number of hydrogen-bond donors (Lipinski definition) is 2. The summed E-state index contributed by atoms with van der Waals surface area (Å²) in [5.41, 5.74) is 0. The molecule has 0 spiro atoms. The molecule has 0 amide bonds. The molecule has 5 rings (SSSR count). The molecule has 0 aromatic carbocycles. The van der Waals surface area contributed by atoms with Crippen LogP contribution in [-0.2, 0) is 9.47 Å². The maximum Gasteiger partial charge on any atom is 0.0987 e. The molecule has 3 saturated heterocycles. The second-order valence-electron chi connectivity index (χ2n) is 18.6. The normalized spacial score (nSPS) is 34.8. The van der Waals surface area contributed by atoms with Crippen molar-refractivity contribution in [1.29, 1.82) is 0 Å². The molecule has 6 unspecified atom stereocenters. The minimum atomic E-state index is -0.155. The number of rotatable bonds is 0. The van der Waals surface area contributed by atoms with Gasteiger partial charge in [0.05, 0.1) is 36.3 Å². The summed E-state index contributed by atoms with van der Waals surface area (Å²) >= 11 is 0. The highest BCUT2D eigenvalue weighted by Crippen LogP contribution is 2.31. The molecule has 4 bridgehead atoms. The molecule has 0 radical (unpaired) electrons. The largest absolute Gasteiger partial charge is 0.495 e. The van der Waals surface area contributed by atoms with Crippen molar-refractivity contribution in [2.75, 3.05) is 0 Å². The Bertz CT molecular complexity index is 817. The van der Waals surface area contributed by atoms with Crippen LogP contribution in [-0.4, -0.2) is 40.7 Å². The quantitative estimate of drug-likeness (QED) is 0.260. The number of ether oxygens (including phenoxy) is 2. The van der Waals surface area contributed by atoms with Crippen molar-refractivity contribution in [3.05, 3.63) is 11.8 Å². The van der Waals surface area contributed by atoms with Gasteiger partial charge in [-0.25, -0.2) is 0 Å². The lowest BCUT2D eigenvalue weighted by molar-refractivity contribution is -0.0753. The van der Waals surface area contributed by atoms with Crippen LogP contribution < -0.4 is 0 Å². The summed E-state index contributed by atoms with van der Waals surface area (Å²) < 4.78 is 12.4. The monoisotopic (exact) mass is 731 g/mol. The van der Waals surface area contributed by atoms with Gasteiger partial charge in [-0.3, -0.25) is 0 Å². The van der Waals surface area contributed by atoms with E-state index in [1.165, 1.54) is 192 Å². The molecule has 0 aromatic heterocycles. The number of aliphatic hydroxyl groups excluding tert-OH is 2. The zero-order chi connectivity index (χ0) is 37.1. The van der Waals surface area contributed by atoms with E-state index in [0.29, 0.717) is 24.2 Å². The van der Waals surface area contributed by atoms with Gasteiger partial charge in [0.2, 0.25) is 0 Å². The van der Waals surface area contributed by atoms with Crippen LogP contribution in [0.3, 0.4) is 0 Å². The van der Waals surface area contributed by atoms with E-state index in [9.17, 15) is 10.2 Å². The Morgan fingerprint density at radius 2 is 0.750 bits per heavy atom. The van der Waals surface area contributed by atoms with Crippen LogP contribution in [0.1, 0.15) is 245 Å². The fourth-order valence-corrected chi connectivity index (χ4v) is 9.79. The molecule has 52 heavy (non-hydrogen) atoms. The van der Waals surface area contributed by atoms with Crippen LogP contribution in [0.2, 0.25) is 0 Å². The standard InChI is InChI=1S/C16H32O2.C16H30O.C16H28O/c1-14-12-15(17)10-8-6-4-2-3-5-7-9-11-16(18)13-14;2*1-14-12-15-10-8-6-4-2-3-5-7-9-11-16(13-14)17-15/h14-18H,2-13H2,1H3;14-16H,2-13H2,1H3;12,14,16H,2-11,13H2,1H3. The molecular formula is C48H90O4. The predicted molar refractivity (Wildman–Crippen MR) is 223 cm³/mol. The fourth-order valence-electron chi connectivity index (χ4n) is 9.79. The molecule has 4 aliphatic heterocycles. The van der Waals surface area contributed by atoms with E-state index in [1.807, 2.05) is 0 Å². The van der Waals surface area contributed by atoms with Gasteiger partial charge in [-0.05, 0) is 101 Å². The molecule has 4 nitrogen and oxygen atoms in total. The summed E-state index contributed by atoms with van der Waals surface area (Å²) in [6, 6.07) is 0. The summed E-state index contributed by atoms with van der Waals surface area (Å²) in [4.78, 5) is 0. The highest BCUT2D eigenvalue weighted by atomic mass is 16.5. The molecule has 1 saturated carbocycles. The second kappa shape index (κ2) is 29.7. The number of allylic oxidation sites excluding steroid dienone is 2. The van der Waals surface area contributed by atoms with Crippen LogP contribution in [0.15, 0.2) is 11.8 Å². The maximum atomic E-state index is 9.95. The van der Waals surface area contributed by atoms with Gasteiger partial charge in [0.1, 0.15) is 0 Å². The molecular weight excluding hydrogens is 641 g/mol. The van der Waals surface area contributed by atoms with Crippen LogP contribution >= 0.6 is 0 Å². The number of fused-ring (bicyclic) bond motifs is 4. The van der Waals surface area contributed by atoms with Crippen molar-refractivity contribution < 1.29 is 19.7 Å². The number of aliphatic hydroxyl groups is 2. The molecule has 6 atom stereocenters. The molecule has 1 aliphatic carbocycles. The highest BCUT2D eigenvalue weighted by molar-refractivity contribution is 5.01. The van der Waals surface area contributed by atoms with Gasteiger partial charge < -0.3 is 19.7 Å². The lowest BCUT2D eigenvalue weighted by Crippen LogP contribution is -2.31. The summed E-state index contributed by atoms with van der Waals surface area (Å²) in [6.45, 7) is 6.92. The van der Waals surface area contributed by atoms with Gasteiger partial charge in [0.15, 0.2) is 0 Å². The van der Waals surface area contributed by atoms with Crippen LogP contribution in [0, 0.1) is 17.8 Å². The van der Waals surface area contributed by atoms with E-state index in [-0.39, 0.29) is 12.2 Å². The van der Waals surface area contributed by atoms with E-state index in [1.54, 1.807) is 0 Å². The van der Waals surface area contributed by atoms with E-state index in [0.717, 1.165) is 50.4 Å². The Kier molecular flexibility index (Phi) is 26.1. The first-order chi connectivity index (χ1) is 25.4. The SMILES string of the molecule is CC1C=C2CCCCCCCCCCC(C1)O2.CC1CC(O)CCCCCCCCCCC(O)C1.CC1CC2CCCCCCCCCCC(C1)O2. The van der Waals surface area contributed by atoms with Crippen molar-refractivity contribution in [2.45, 2.75) is 276 Å². The van der Waals surface area contributed by atoms with E-state index < -0.39 is 0 Å². The van der Waals surface area contributed by atoms with Crippen molar-refractivity contribution in [1.82, 2.24) is 0 Å². The Morgan fingerprint density at radius 1 is 0.404 bits per heavy atom. The lowest BCUT2D eigenvalue weighted by atomic mass is 9.89. The minimum Gasteiger partial charge on any atom is -0.495 e. The summed E-state index contributed by atoms with van der Waals surface area (Å²) in [6.07, 6.45) is 49.3. The summed E-state index contributed by atoms with van der Waals surface area (Å²) in [5.74, 6) is 3.37. The van der Waals surface area contributed by atoms with E-state index in [2.05, 4.69) is 26.8 Å². The van der Waals surface area contributed by atoms with Gasteiger partial charge in [-0.15, -0.1) is 0 Å². The third-order valence-electron chi connectivity index (χ3n) is 12.8. The first-order valence-corrected chi connectivity index (χ1v) is 23.8. The van der Waals surface area contributed by atoms with E-state index in [4.69, 9.17) is 9.47 Å². The Hall–Kier alpha value is -0.580. The van der Waals surface area contributed by atoms with Crippen molar-refractivity contribution in [3.63, 3.8) is 0 Å². The molecule has 4 fully saturated rings. The van der Waals surface area contributed by atoms with Gasteiger partial charge in [0.25, 0.3) is 0 Å². The Labute approximate surface area is 324 Å². The Balaban J connectivity index is 0.000000210. The molecule has 0 aromatic rings. The average Bonchev–Trinajstić information content (AvgIpc) is 3.12. The topological polar surface area (TPSA) is 58.9 Å². The lowest BCUT2D eigenvalue weighted by Gasteiger charge is -2.34. The highest BCUT2D eigenvalue weighted by Gasteiger charge is 2.26. The van der Waals surface area contributed by atoms with Crippen LogP contribution in [0.25, 0.3) is 0 Å². The first-order valence-electron chi connectivity index (χ1n) is 23.8. The van der Waals surface area contributed by atoms with E-state index >= 15 is 0 Å². The fraction of sp³-hybridized carbons (Fsp3) is 0.958. The summed E-state index contributed by atoms with van der Waals surface area (Å²) in [7, 11) is 0. The molecule has 2 N–H and O–H groups in total. The van der Waals surface area contributed by atoms with Gasteiger partial charge in [-0.1, -0.05) is 162 Å². The molecule has 306 valence electrons. The average molecular weight is 731 g/mol. The van der Waals surface area contributed by atoms with Gasteiger partial charge >= 0.3 is 0 Å². The third-order valence-corrected chi connectivity index (χ3v) is 12.8. The molecule has 5 aliphatic rings. The zero-order valence-corrected chi connectivity index (χ0v) is 35.2. The zero-order valence-electron chi connectivity index (χ0n) is 35.2. The minimum absolute atomic E-state index is 0.155. The number of hydrogen-bond acceptors (Lipinski definition) is 4. The second-order valence-corrected chi connectivity index (χ2v) is 18.6. The van der Waals surface area contributed by atoms with Gasteiger partial charge in [0, 0.05) is 6.42 Å². The van der Waals surface area contributed by atoms with Crippen molar-refractivity contribution in [3.8, 4) is 0 Å². The van der Waals surface area contributed by atoms with Gasteiger partial charge in [-0.2, -0.15) is 0 Å². The summed E-state index contributed by atoms with van der Waals surface area (Å²) in [5, 5.41) is 19.9. The molecule has 4 heteroatoms. The van der Waals surface area contributed by atoms with Crippen LogP contribution in [0.5, 0.6) is 0 Å². The van der Waals surface area contributed by atoms with Crippen LogP contribution in [0.4, 0.5) is 0 Å². The third kappa shape index (κ3) is 23.4. The first kappa shape index (κ1) is 45.8. The smallest absolute Gasteiger partial charge is 0.0987 e. The Morgan fingerprint density at radius 3 is 1.19 bits per heavy atom. The van der Waals surface area contributed by atoms with Crippen molar-refractivity contribution >= 4 is 0 Å². The maximum absolute atomic E-state index is 9.95.